The van der Waals surface area contributed by atoms with Crippen molar-refractivity contribution in [3.05, 3.63) is 194 Å². The molecule has 0 radical (unpaired) electrons. The summed E-state index contributed by atoms with van der Waals surface area (Å²) < 4.78 is 11.7. The molecule has 0 saturated heterocycles. The average Bonchev–Trinajstić information content (AvgIpc) is 3.94. The molecule has 0 N–H and O–H groups in total. The molecule has 3 heterocycles. The van der Waals surface area contributed by atoms with E-state index < -0.39 is 0 Å². The number of para-hydroxylation sites is 2. The Morgan fingerprint density at radius 3 is 2.09 bits per heavy atom. The summed E-state index contributed by atoms with van der Waals surface area (Å²) in [5.41, 5.74) is 10.9. The minimum Gasteiger partial charge on any atom is -0.455 e. The fourth-order valence-corrected chi connectivity index (χ4v) is 10.1. The SMILES string of the molecule is c1ccc(-n2c3ccccc3c3c(-c4cccc(N(c5ccc6c(c5)sc5ccccc56)c5cccc6oc7c8ccccc8ccc7c56)c4)cccc32)cc1. The molecule has 56 heavy (non-hydrogen) atoms. The molecule has 3 nitrogen and oxygen atoms in total. The van der Waals surface area contributed by atoms with Crippen LogP contribution in [0.1, 0.15) is 0 Å². The summed E-state index contributed by atoms with van der Waals surface area (Å²) in [6.07, 6.45) is 0. The number of fused-ring (bicyclic) bond motifs is 11. The van der Waals surface area contributed by atoms with Gasteiger partial charge in [0.2, 0.25) is 0 Å². The monoisotopic (exact) mass is 732 g/mol. The lowest BCUT2D eigenvalue weighted by Crippen LogP contribution is -2.10. The number of nitrogens with zero attached hydrogens (tertiary/aromatic N) is 2. The van der Waals surface area contributed by atoms with Gasteiger partial charge in [0.25, 0.3) is 0 Å². The third kappa shape index (κ3) is 4.63. The Balaban J connectivity index is 1.12. The first kappa shape index (κ1) is 31.2. The first-order chi connectivity index (χ1) is 27.8. The van der Waals surface area contributed by atoms with Crippen molar-refractivity contribution in [1.82, 2.24) is 4.57 Å². The van der Waals surface area contributed by atoms with Gasteiger partial charge in [0.15, 0.2) is 0 Å². The third-order valence-electron chi connectivity index (χ3n) is 11.4. The Kier molecular flexibility index (Phi) is 6.80. The summed E-state index contributed by atoms with van der Waals surface area (Å²) in [6.45, 7) is 0. The van der Waals surface area contributed by atoms with E-state index >= 15 is 0 Å². The Morgan fingerprint density at radius 1 is 0.446 bits per heavy atom. The lowest BCUT2D eigenvalue weighted by Gasteiger charge is -2.27. The highest BCUT2D eigenvalue weighted by molar-refractivity contribution is 7.25. The van der Waals surface area contributed by atoms with Crippen LogP contribution in [0.15, 0.2) is 199 Å². The molecule has 4 heteroatoms. The standard InChI is InChI=1S/C52H32N2OS/c1-2-15-35(16-3-1)54-44-22-8-6-20-42(44)50-38(21-11-23-45(50)54)34-14-10-17-36(31-34)53(37-28-30-41-40-19-7-9-26-48(40)56-49(41)32-37)46-24-12-25-47-51(46)43-29-27-33-13-4-5-18-39(33)52(43)55-47/h1-32H. The number of rotatable bonds is 5. The fourth-order valence-electron chi connectivity index (χ4n) is 8.93. The van der Waals surface area contributed by atoms with Gasteiger partial charge in [0.1, 0.15) is 11.2 Å². The number of thiophene rings is 1. The smallest absolute Gasteiger partial charge is 0.143 e. The molecule has 0 bridgehead atoms. The normalized spacial score (nSPS) is 11.9. The topological polar surface area (TPSA) is 21.3 Å². The Bertz CT molecular complexity index is 3500. The van der Waals surface area contributed by atoms with Crippen molar-refractivity contribution in [2.45, 2.75) is 0 Å². The Hall–Kier alpha value is -7.14. The van der Waals surface area contributed by atoms with Crippen molar-refractivity contribution in [2.75, 3.05) is 4.90 Å². The molecule has 0 saturated carbocycles. The quantitative estimate of drug-likeness (QED) is 0.176. The van der Waals surface area contributed by atoms with Crippen LogP contribution in [0.4, 0.5) is 17.1 Å². The van der Waals surface area contributed by atoms with E-state index in [0.29, 0.717) is 0 Å². The molecule has 0 aliphatic rings. The van der Waals surface area contributed by atoms with Crippen molar-refractivity contribution >= 4 is 103 Å². The van der Waals surface area contributed by atoms with E-state index in [1.54, 1.807) is 0 Å². The predicted octanol–water partition coefficient (Wildman–Crippen LogP) is 15.3. The van der Waals surface area contributed by atoms with Gasteiger partial charge in [-0.1, -0.05) is 121 Å². The second-order valence-electron chi connectivity index (χ2n) is 14.5. The van der Waals surface area contributed by atoms with E-state index in [-0.39, 0.29) is 0 Å². The lowest BCUT2D eigenvalue weighted by atomic mass is 9.98. The van der Waals surface area contributed by atoms with Crippen molar-refractivity contribution in [3.63, 3.8) is 0 Å². The van der Waals surface area contributed by atoms with E-state index in [2.05, 4.69) is 204 Å². The van der Waals surface area contributed by atoms with E-state index in [4.69, 9.17) is 4.42 Å². The van der Waals surface area contributed by atoms with Crippen LogP contribution < -0.4 is 4.90 Å². The number of anilines is 3. The second kappa shape index (κ2) is 12.2. The first-order valence-electron chi connectivity index (χ1n) is 19.0. The zero-order valence-corrected chi connectivity index (χ0v) is 31.0. The molecule has 12 rings (SSSR count). The maximum Gasteiger partial charge on any atom is 0.143 e. The number of hydrogen-bond acceptors (Lipinski definition) is 3. The van der Waals surface area contributed by atoms with Crippen LogP contribution in [0.3, 0.4) is 0 Å². The second-order valence-corrected chi connectivity index (χ2v) is 15.6. The van der Waals surface area contributed by atoms with Gasteiger partial charge in [0.05, 0.1) is 22.1 Å². The van der Waals surface area contributed by atoms with Crippen molar-refractivity contribution in [1.29, 1.82) is 0 Å². The predicted molar refractivity (Wildman–Crippen MR) is 239 cm³/mol. The molecular weight excluding hydrogens is 701 g/mol. The van der Waals surface area contributed by atoms with Crippen molar-refractivity contribution in [3.8, 4) is 16.8 Å². The minimum atomic E-state index is 0.872. The van der Waals surface area contributed by atoms with Gasteiger partial charge in [-0.2, -0.15) is 0 Å². The fraction of sp³-hybridized carbons (Fsp3) is 0. The molecule has 0 spiro atoms. The number of aromatic nitrogens is 1. The van der Waals surface area contributed by atoms with Gasteiger partial charge < -0.3 is 13.9 Å². The number of furan rings is 1. The van der Waals surface area contributed by atoms with Gasteiger partial charge in [-0.05, 0) is 89.3 Å². The Morgan fingerprint density at radius 2 is 1.16 bits per heavy atom. The van der Waals surface area contributed by atoms with Crippen molar-refractivity contribution in [2.24, 2.45) is 0 Å². The highest BCUT2D eigenvalue weighted by Gasteiger charge is 2.22. The highest BCUT2D eigenvalue weighted by Crippen LogP contribution is 2.47. The van der Waals surface area contributed by atoms with Crippen LogP contribution in [0.25, 0.3) is 91.5 Å². The summed E-state index contributed by atoms with van der Waals surface area (Å²) >= 11 is 1.85. The summed E-state index contributed by atoms with van der Waals surface area (Å²) in [5.74, 6) is 0. The van der Waals surface area contributed by atoms with Crippen LogP contribution in [0.5, 0.6) is 0 Å². The molecule has 0 amide bonds. The van der Waals surface area contributed by atoms with Crippen LogP contribution >= 0.6 is 11.3 Å². The molecule has 0 aliphatic carbocycles. The lowest BCUT2D eigenvalue weighted by molar-refractivity contribution is 0.672. The molecule has 0 atom stereocenters. The molecule has 262 valence electrons. The summed E-state index contributed by atoms with van der Waals surface area (Å²) in [7, 11) is 0. The van der Waals surface area contributed by atoms with Crippen LogP contribution in [-0.4, -0.2) is 4.57 Å². The zero-order valence-electron chi connectivity index (χ0n) is 30.2. The maximum absolute atomic E-state index is 6.73. The average molecular weight is 733 g/mol. The van der Waals surface area contributed by atoms with Crippen molar-refractivity contribution < 1.29 is 4.42 Å². The van der Waals surface area contributed by atoms with Crippen LogP contribution in [-0.2, 0) is 0 Å². The molecule has 0 aliphatic heterocycles. The third-order valence-corrected chi connectivity index (χ3v) is 12.5. The van der Waals surface area contributed by atoms with E-state index in [1.165, 1.54) is 52.9 Å². The van der Waals surface area contributed by atoms with Crippen LogP contribution in [0, 0.1) is 0 Å². The largest absolute Gasteiger partial charge is 0.455 e. The first-order valence-corrected chi connectivity index (χ1v) is 19.8. The highest BCUT2D eigenvalue weighted by atomic mass is 32.1. The molecular formula is C52H32N2OS. The summed E-state index contributed by atoms with van der Waals surface area (Å²) in [6, 6.07) is 70.2. The van der Waals surface area contributed by atoms with E-state index in [9.17, 15) is 0 Å². The maximum atomic E-state index is 6.73. The van der Waals surface area contributed by atoms with Gasteiger partial charge >= 0.3 is 0 Å². The number of benzene rings is 9. The van der Waals surface area contributed by atoms with E-state index in [1.807, 2.05) is 11.3 Å². The summed E-state index contributed by atoms with van der Waals surface area (Å²) in [4.78, 5) is 2.42. The van der Waals surface area contributed by atoms with Gasteiger partial charge in [0, 0.05) is 58.8 Å². The molecule has 0 unspecified atom stereocenters. The van der Waals surface area contributed by atoms with Gasteiger partial charge in [-0.15, -0.1) is 11.3 Å². The van der Waals surface area contributed by atoms with Gasteiger partial charge in [-0.25, -0.2) is 0 Å². The van der Waals surface area contributed by atoms with E-state index in [0.717, 1.165) is 55.6 Å². The molecule has 3 aromatic heterocycles. The molecule has 9 aromatic carbocycles. The Labute approximate surface area is 326 Å². The number of hydrogen-bond donors (Lipinski definition) is 0. The zero-order chi connectivity index (χ0) is 36.7. The summed E-state index contributed by atoms with van der Waals surface area (Å²) in [5, 5.41) is 9.56. The van der Waals surface area contributed by atoms with Crippen LogP contribution in [0.2, 0.25) is 0 Å². The molecule has 12 aromatic rings. The minimum absolute atomic E-state index is 0.872. The van der Waals surface area contributed by atoms with Gasteiger partial charge in [-0.3, -0.25) is 0 Å². The molecule has 0 fully saturated rings.